The van der Waals surface area contributed by atoms with E-state index in [4.69, 9.17) is 10.8 Å². The molecule has 0 saturated heterocycles. The predicted molar refractivity (Wildman–Crippen MR) is 83.2 cm³/mol. The lowest BCUT2D eigenvalue weighted by atomic mass is 10.0. The molecule has 3 N–H and O–H groups in total. The summed E-state index contributed by atoms with van der Waals surface area (Å²) in [5.41, 5.74) is 7.39. The van der Waals surface area contributed by atoms with Crippen molar-refractivity contribution in [2.75, 3.05) is 18.0 Å². The Balaban J connectivity index is 2.94. The fourth-order valence-electron chi connectivity index (χ4n) is 2.20. The number of carboxylic acids is 1. The standard InChI is InChI=1S/C16H24N2O3/c1-3-13(11-17)10-15(19)18(9-8-16(20)21)14-7-5-4-6-12(14)2/h4-7,13H,3,8-11,17H2,1-2H3,(H,20,21). The van der Waals surface area contributed by atoms with Gasteiger partial charge in [-0.05, 0) is 31.0 Å². The molecule has 1 unspecified atom stereocenters. The minimum absolute atomic E-state index is 0.0668. The number of nitrogens with two attached hydrogens (primary N) is 1. The van der Waals surface area contributed by atoms with Crippen LogP contribution in [0.2, 0.25) is 0 Å². The van der Waals surface area contributed by atoms with Crippen LogP contribution < -0.4 is 10.6 Å². The van der Waals surface area contributed by atoms with Gasteiger partial charge in [-0.15, -0.1) is 0 Å². The van der Waals surface area contributed by atoms with Crippen LogP contribution in [0.25, 0.3) is 0 Å². The fraction of sp³-hybridized carbons (Fsp3) is 0.500. The van der Waals surface area contributed by atoms with E-state index in [0.29, 0.717) is 13.0 Å². The van der Waals surface area contributed by atoms with Gasteiger partial charge >= 0.3 is 5.97 Å². The van der Waals surface area contributed by atoms with Crippen LogP contribution >= 0.6 is 0 Å². The summed E-state index contributed by atoms with van der Waals surface area (Å²) in [5.74, 6) is -0.844. The monoisotopic (exact) mass is 292 g/mol. The number of rotatable bonds is 8. The van der Waals surface area contributed by atoms with Crippen molar-refractivity contribution in [1.82, 2.24) is 0 Å². The summed E-state index contributed by atoms with van der Waals surface area (Å²) >= 11 is 0. The van der Waals surface area contributed by atoms with Crippen molar-refractivity contribution < 1.29 is 14.7 Å². The Morgan fingerprint density at radius 3 is 2.52 bits per heavy atom. The molecule has 116 valence electrons. The zero-order chi connectivity index (χ0) is 15.8. The molecule has 1 atom stereocenters. The van der Waals surface area contributed by atoms with Crippen molar-refractivity contribution in [3.05, 3.63) is 29.8 Å². The van der Waals surface area contributed by atoms with Crippen LogP contribution in [-0.2, 0) is 9.59 Å². The van der Waals surface area contributed by atoms with E-state index in [1.165, 1.54) is 0 Å². The summed E-state index contributed by atoms with van der Waals surface area (Å²) in [5, 5.41) is 8.88. The van der Waals surface area contributed by atoms with Gasteiger partial charge in [0.2, 0.25) is 5.91 Å². The minimum atomic E-state index is -0.910. The number of hydrogen-bond acceptors (Lipinski definition) is 3. The number of para-hydroxylation sites is 1. The third kappa shape index (κ3) is 5.19. The Labute approximate surface area is 125 Å². The molecule has 0 aliphatic heterocycles. The van der Waals surface area contributed by atoms with Crippen molar-refractivity contribution in [1.29, 1.82) is 0 Å². The molecular formula is C16H24N2O3. The predicted octanol–water partition coefficient (Wildman–Crippen LogP) is 2.18. The van der Waals surface area contributed by atoms with Gasteiger partial charge in [-0.25, -0.2) is 0 Å². The van der Waals surface area contributed by atoms with Gasteiger partial charge in [-0.2, -0.15) is 0 Å². The molecule has 0 heterocycles. The van der Waals surface area contributed by atoms with Crippen LogP contribution in [0, 0.1) is 12.8 Å². The highest BCUT2D eigenvalue weighted by atomic mass is 16.4. The van der Waals surface area contributed by atoms with Crippen LogP contribution in [-0.4, -0.2) is 30.1 Å². The summed E-state index contributed by atoms with van der Waals surface area (Å²) in [4.78, 5) is 24.9. The maximum atomic E-state index is 12.5. The first-order valence-electron chi connectivity index (χ1n) is 7.27. The molecule has 5 nitrogen and oxygen atoms in total. The number of anilines is 1. The molecule has 1 rings (SSSR count). The molecular weight excluding hydrogens is 268 g/mol. The number of carbonyl (C=O) groups is 2. The van der Waals surface area contributed by atoms with Gasteiger partial charge in [-0.3, -0.25) is 9.59 Å². The second-order valence-electron chi connectivity index (χ2n) is 5.19. The Morgan fingerprint density at radius 2 is 2.00 bits per heavy atom. The molecule has 0 aliphatic rings. The molecule has 1 aromatic carbocycles. The number of nitrogens with zero attached hydrogens (tertiary/aromatic N) is 1. The van der Waals surface area contributed by atoms with Gasteiger partial charge in [0.1, 0.15) is 0 Å². The van der Waals surface area contributed by atoms with Crippen LogP contribution in [0.1, 0.15) is 31.7 Å². The van der Waals surface area contributed by atoms with Gasteiger partial charge in [0.05, 0.1) is 6.42 Å². The topological polar surface area (TPSA) is 83.6 Å². The van der Waals surface area contributed by atoms with Crippen LogP contribution in [0.3, 0.4) is 0 Å². The van der Waals surface area contributed by atoms with E-state index < -0.39 is 5.97 Å². The first-order chi connectivity index (χ1) is 9.99. The summed E-state index contributed by atoms with van der Waals surface area (Å²) in [7, 11) is 0. The second-order valence-corrected chi connectivity index (χ2v) is 5.19. The zero-order valence-corrected chi connectivity index (χ0v) is 12.7. The molecule has 0 spiro atoms. The molecule has 0 fully saturated rings. The molecule has 0 aromatic heterocycles. The third-order valence-electron chi connectivity index (χ3n) is 3.63. The van der Waals surface area contributed by atoms with E-state index in [1.807, 2.05) is 38.1 Å². The van der Waals surface area contributed by atoms with Crippen molar-refractivity contribution in [2.24, 2.45) is 11.7 Å². The van der Waals surface area contributed by atoms with E-state index in [1.54, 1.807) is 4.90 Å². The lowest BCUT2D eigenvalue weighted by molar-refractivity contribution is -0.136. The van der Waals surface area contributed by atoms with Gasteiger partial charge in [-0.1, -0.05) is 31.5 Å². The van der Waals surface area contributed by atoms with Gasteiger partial charge in [0.15, 0.2) is 0 Å². The summed E-state index contributed by atoms with van der Waals surface area (Å²) in [6.45, 7) is 4.56. The van der Waals surface area contributed by atoms with Crippen molar-refractivity contribution in [3.63, 3.8) is 0 Å². The highest BCUT2D eigenvalue weighted by Crippen LogP contribution is 2.22. The Kier molecular flexibility index (Phi) is 6.88. The molecule has 0 bridgehead atoms. The zero-order valence-electron chi connectivity index (χ0n) is 12.7. The number of aliphatic carboxylic acids is 1. The van der Waals surface area contributed by atoms with Crippen LogP contribution in [0.4, 0.5) is 5.69 Å². The smallest absolute Gasteiger partial charge is 0.305 e. The van der Waals surface area contributed by atoms with Crippen molar-refractivity contribution in [2.45, 2.75) is 33.1 Å². The van der Waals surface area contributed by atoms with Crippen LogP contribution in [0.5, 0.6) is 0 Å². The quantitative estimate of drug-likeness (QED) is 0.769. The summed E-state index contributed by atoms with van der Waals surface area (Å²) in [6, 6.07) is 7.51. The Hall–Kier alpha value is -1.88. The highest BCUT2D eigenvalue weighted by Gasteiger charge is 2.21. The maximum absolute atomic E-state index is 12.5. The number of hydrogen-bond donors (Lipinski definition) is 2. The average molecular weight is 292 g/mol. The highest BCUT2D eigenvalue weighted by molar-refractivity contribution is 5.94. The largest absolute Gasteiger partial charge is 0.481 e. The molecule has 0 radical (unpaired) electrons. The number of carbonyl (C=O) groups excluding carboxylic acids is 1. The normalized spacial score (nSPS) is 12.0. The van der Waals surface area contributed by atoms with E-state index in [2.05, 4.69) is 0 Å². The number of aryl methyl sites for hydroxylation is 1. The van der Waals surface area contributed by atoms with E-state index in [9.17, 15) is 9.59 Å². The lowest BCUT2D eigenvalue weighted by Crippen LogP contribution is -2.35. The Morgan fingerprint density at radius 1 is 1.33 bits per heavy atom. The van der Waals surface area contributed by atoms with Crippen molar-refractivity contribution >= 4 is 17.6 Å². The van der Waals surface area contributed by atoms with Gasteiger partial charge in [0.25, 0.3) is 0 Å². The average Bonchev–Trinajstić information content (AvgIpc) is 2.46. The number of carboxylic acid groups (broad SMARTS) is 1. The van der Waals surface area contributed by atoms with E-state index in [0.717, 1.165) is 17.7 Å². The van der Waals surface area contributed by atoms with E-state index >= 15 is 0 Å². The van der Waals surface area contributed by atoms with Crippen LogP contribution in [0.15, 0.2) is 24.3 Å². The lowest BCUT2D eigenvalue weighted by Gasteiger charge is -2.25. The fourth-order valence-corrected chi connectivity index (χ4v) is 2.20. The first kappa shape index (κ1) is 17.2. The van der Waals surface area contributed by atoms with E-state index in [-0.39, 0.29) is 24.8 Å². The molecule has 1 amide bonds. The van der Waals surface area contributed by atoms with Crippen molar-refractivity contribution in [3.8, 4) is 0 Å². The summed E-state index contributed by atoms with van der Waals surface area (Å²) in [6.07, 6.45) is 1.11. The Bertz CT molecular complexity index is 484. The molecule has 21 heavy (non-hydrogen) atoms. The minimum Gasteiger partial charge on any atom is -0.481 e. The first-order valence-corrected chi connectivity index (χ1v) is 7.27. The number of amides is 1. The third-order valence-corrected chi connectivity index (χ3v) is 3.63. The molecule has 5 heteroatoms. The second kappa shape index (κ2) is 8.42. The van der Waals surface area contributed by atoms with Gasteiger partial charge < -0.3 is 15.7 Å². The SMILES string of the molecule is CCC(CN)CC(=O)N(CCC(=O)O)c1ccccc1C. The molecule has 0 aliphatic carbocycles. The van der Waals surface area contributed by atoms with Gasteiger partial charge in [0, 0.05) is 18.7 Å². The molecule has 0 saturated carbocycles. The number of benzene rings is 1. The molecule has 1 aromatic rings. The summed E-state index contributed by atoms with van der Waals surface area (Å²) < 4.78 is 0. The maximum Gasteiger partial charge on any atom is 0.305 e.